The van der Waals surface area contributed by atoms with Crippen LogP contribution in [-0.4, -0.2) is 9.97 Å². The van der Waals surface area contributed by atoms with Crippen molar-refractivity contribution in [2.45, 2.75) is 38.5 Å². The molecule has 0 N–H and O–H groups in total. The summed E-state index contributed by atoms with van der Waals surface area (Å²) in [6, 6.07) is 45.4. The van der Waals surface area contributed by atoms with Crippen molar-refractivity contribution in [2.75, 3.05) is 0 Å². The highest BCUT2D eigenvalue weighted by atomic mass is 14.6. The quantitative estimate of drug-likeness (QED) is 0.172. The Balaban J connectivity index is 1.19. The molecule has 0 atom stereocenters. The van der Waals surface area contributed by atoms with Crippen LogP contribution in [-0.2, 0) is 10.8 Å². The van der Waals surface area contributed by atoms with Gasteiger partial charge < -0.3 is 0 Å². The Morgan fingerprint density at radius 3 is 1.63 bits per heavy atom. The van der Waals surface area contributed by atoms with Gasteiger partial charge in [-0.05, 0) is 106 Å². The number of benzene rings is 7. The van der Waals surface area contributed by atoms with Crippen molar-refractivity contribution in [2.24, 2.45) is 0 Å². The average Bonchev–Trinajstić information content (AvgIpc) is 3.40. The largest absolute Gasteiger partial charge is 0.263 e. The second-order valence-corrected chi connectivity index (χ2v) is 15.8. The number of nitrogens with zero attached hydrogens (tertiary/aromatic N) is 2. The van der Waals surface area contributed by atoms with E-state index in [2.05, 4.69) is 160 Å². The highest BCUT2D eigenvalue weighted by Gasteiger charge is 2.41. The molecule has 9 aromatic rings. The molecule has 2 nitrogen and oxygen atoms in total. The number of hydrogen-bond acceptors (Lipinski definition) is 2. The molecule has 2 aliphatic carbocycles. The summed E-state index contributed by atoms with van der Waals surface area (Å²) in [6.45, 7) is 9.65. The van der Waals surface area contributed by atoms with Gasteiger partial charge in [-0.3, -0.25) is 9.97 Å². The first kappa shape index (κ1) is 29.6. The molecule has 2 heterocycles. The van der Waals surface area contributed by atoms with Crippen molar-refractivity contribution in [1.29, 1.82) is 0 Å². The Morgan fingerprint density at radius 2 is 0.904 bits per heavy atom. The second-order valence-electron chi connectivity index (χ2n) is 15.8. The summed E-state index contributed by atoms with van der Waals surface area (Å²) >= 11 is 0. The molecule has 2 aliphatic rings. The first-order valence-corrected chi connectivity index (χ1v) is 18.3. The summed E-state index contributed by atoms with van der Waals surface area (Å²) < 4.78 is 0. The highest BCUT2D eigenvalue weighted by molar-refractivity contribution is 6.25. The minimum Gasteiger partial charge on any atom is -0.263 e. The maximum absolute atomic E-state index is 4.76. The number of hydrogen-bond donors (Lipinski definition) is 0. The van der Waals surface area contributed by atoms with Crippen LogP contribution in [0.2, 0.25) is 0 Å². The number of aromatic nitrogens is 2. The van der Waals surface area contributed by atoms with E-state index in [1.165, 1.54) is 104 Å². The molecule has 0 bridgehead atoms. The van der Waals surface area contributed by atoms with E-state index in [9.17, 15) is 0 Å². The Labute approximate surface area is 303 Å². The van der Waals surface area contributed by atoms with E-state index in [0.29, 0.717) is 0 Å². The SMILES string of the molecule is CC1(C)c2cc(-c3cncc4ccccc34)ccc2-c2cc3c(cc21)-c1c2ccccc2c(-c2cncc4ccccc24)c2cccc(c12)C3(C)C. The van der Waals surface area contributed by atoms with E-state index >= 15 is 0 Å². The summed E-state index contributed by atoms with van der Waals surface area (Å²) in [5.74, 6) is 0. The van der Waals surface area contributed by atoms with Crippen LogP contribution >= 0.6 is 0 Å². The Kier molecular flexibility index (Phi) is 5.83. The molecule has 0 saturated heterocycles. The van der Waals surface area contributed by atoms with Crippen LogP contribution in [0.15, 0.2) is 146 Å². The standard InChI is InChI=1S/C50H36N2/c1-49(2)42-19-11-18-37-46(41-28-52-26-31-13-6-8-15-33(31)41)35-16-9-10-17-36(35)47(48(37)42)39-24-44-38(23-45(39)49)34-21-20-29(22-43(34)50(44,3)4)40-27-51-25-30-12-5-7-14-32(30)40/h5-28H,1-4H3. The van der Waals surface area contributed by atoms with Crippen molar-refractivity contribution in [3.63, 3.8) is 0 Å². The molecule has 7 aromatic carbocycles. The van der Waals surface area contributed by atoms with Crippen LogP contribution < -0.4 is 0 Å². The molecular formula is C50H36N2. The van der Waals surface area contributed by atoms with Gasteiger partial charge in [0.05, 0.1) is 0 Å². The summed E-state index contributed by atoms with van der Waals surface area (Å²) in [6.07, 6.45) is 8.03. The van der Waals surface area contributed by atoms with E-state index in [-0.39, 0.29) is 10.8 Å². The number of pyridine rings is 2. The van der Waals surface area contributed by atoms with Crippen molar-refractivity contribution < 1.29 is 0 Å². The van der Waals surface area contributed by atoms with E-state index in [4.69, 9.17) is 4.98 Å². The number of fused-ring (bicyclic) bond motifs is 9. The van der Waals surface area contributed by atoms with Crippen LogP contribution in [0.3, 0.4) is 0 Å². The van der Waals surface area contributed by atoms with Gasteiger partial charge in [0.25, 0.3) is 0 Å². The Hall–Kier alpha value is -6.12. The van der Waals surface area contributed by atoms with Gasteiger partial charge in [-0.2, -0.15) is 0 Å². The Morgan fingerprint density at radius 1 is 0.365 bits per heavy atom. The van der Waals surface area contributed by atoms with Gasteiger partial charge in [0, 0.05) is 57.5 Å². The predicted octanol–water partition coefficient (Wildman–Crippen LogP) is 13.0. The summed E-state index contributed by atoms with van der Waals surface area (Å²) in [5, 5.41) is 10.0. The molecule has 0 fully saturated rings. The summed E-state index contributed by atoms with van der Waals surface area (Å²) in [4.78, 5) is 9.39. The molecule has 2 aromatic heterocycles. The molecule has 52 heavy (non-hydrogen) atoms. The van der Waals surface area contributed by atoms with Gasteiger partial charge in [-0.25, -0.2) is 0 Å². The molecule has 246 valence electrons. The van der Waals surface area contributed by atoms with Crippen molar-refractivity contribution >= 4 is 43.1 Å². The first-order valence-electron chi connectivity index (χ1n) is 18.3. The molecular weight excluding hydrogens is 629 g/mol. The van der Waals surface area contributed by atoms with Crippen molar-refractivity contribution in [3.8, 4) is 44.5 Å². The molecule has 0 saturated carbocycles. The van der Waals surface area contributed by atoms with Gasteiger partial charge in [-0.1, -0.05) is 131 Å². The van der Waals surface area contributed by atoms with Crippen LogP contribution in [0.5, 0.6) is 0 Å². The fourth-order valence-electron chi connectivity index (χ4n) is 9.80. The lowest BCUT2D eigenvalue weighted by atomic mass is 9.65. The topological polar surface area (TPSA) is 25.8 Å². The molecule has 0 unspecified atom stereocenters. The van der Waals surface area contributed by atoms with Crippen LogP contribution in [0.4, 0.5) is 0 Å². The maximum atomic E-state index is 4.76. The minimum atomic E-state index is -0.213. The van der Waals surface area contributed by atoms with Gasteiger partial charge in [0.1, 0.15) is 0 Å². The highest BCUT2D eigenvalue weighted by Crippen LogP contribution is 2.58. The summed E-state index contributed by atoms with van der Waals surface area (Å²) in [7, 11) is 0. The fourth-order valence-corrected chi connectivity index (χ4v) is 9.80. The minimum absolute atomic E-state index is 0.182. The zero-order valence-electron chi connectivity index (χ0n) is 29.8. The van der Waals surface area contributed by atoms with E-state index in [1.54, 1.807) is 0 Å². The zero-order chi connectivity index (χ0) is 34.9. The van der Waals surface area contributed by atoms with E-state index in [0.717, 1.165) is 5.39 Å². The number of rotatable bonds is 2. The third-order valence-corrected chi connectivity index (χ3v) is 12.4. The van der Waals surface area contributed by atoms with E-state index < -0.39 is 0 Å². The van der Waals surface area contributed by atoms with Gasteiger partial charge in [0.2, 0.25) is 0 Å². The molecule has 0 amide bonds. The van der Waals surface area contributed by atoms with Crippen LogP contribution in [0, 0.1) is 0 Å². The van der Waals surface area contributed by atoms with Gasteiger partial charge in [-0.15, -0.1) is 0 Å². The molecule has 11 rings (SSSR count). The zero-order valence-corrected chi connectivity index (χ0v) is 29.8. The molecule has 0 spiro atoms. The molecule has 0 radical (unpaired) electrons. The lowest BCUT2D eigenvalue weighted by Gasteiger charge is -2.37. The average molecular weight is 665 g/mol. The normalized spacial score (nSPS) is 14.8. The smallest absolute Gasteiger partial charge is 0.0353 e. The van der Waals surface area contributed by atoms with Gasteiger partial charge in [0.15, 0.2) is 0 Å². The first-order chi connectivity index (χ1) is 25.3. The molecule has 0 aliphatic heterocycles. The third-order valence-electron chi connectivity index (χ3n) is 12.4. The summed E-state index contributed by atoms with van der Waals surface area (Å²) in [5.41, 5.74) is 15.4. The lowest BCUT2D eigenvalue weighted by Crippen LogP contribution is -2.25. The lowest BCUT2D eigenvalue weighted by molar-refractivity contribution is 0.639. The molecule has 2 heteroatoms. The van der Waals surface area contributed by atoms with Crippen LogP contribution in [0.1, 0.15) is 49.9 Å². The van der Waals surface area contributed by atoms with Crippen molar-refractivity contribution in [3.05, 3.63) is 168 Å². The van der Waals surface area contributed by atoms with E-state index in [1.807, 2.05) is 18.6 Å². The fraction of sp³-hybridized carbons (Fsp3) is 0.120. The van der Waals surface area contributed by atoms with Gasteiger partial charge >= 0.3 is 0 Å². The van der Waals surface area contributed by atoms with Crippen molar-refractivity contribution in [1.82, 2.24) is 9.97 Å². The predicted molar refractivity (Wildman–Crippen MR) is 218 cm³/mol. The third kappa shape index (κ3) is 3.79. The second kappa shape index (κ2) is 10.2. The van der Waals surface area contributed by atoms with Crippen LogP contribution in [0.25, 0.3) is 87.6 Å². The Bertz CT molecular complexity index is 3010. The maximum Gasteiger partial charge on any atom is 0.0353 e. The monoisotopic (exact) mass is 664 g/mol.